The summed E-state index contributed by atoms with van der Waals surface area (Å²) in [5, 5.41) is 2.97. The zero-order valence-electron chi connectivity index (χ0n) is 19.3. The molecule has 1 aliphatic heterocycles. The van der Waals surface area contributed by atoms with Crippen LogP contribution in [0.2, 0.25) is 0 Å². The number of carbonyl (C=O) groups is 3. The van der Waals surface area contributed by atoms with Gasteiger partial charge < -0.3 is 14.8 Å². The Bertz CT molecular complexity index is 740. The van der Waals surface area contributed by atoms with Crippen LogP contribution < -0.4 is 5.32 Å². The number of amides is 1. The molecule has 1 amide bonds. The Labute approximate surface area is 195 Å². The van der Waals surface area contributed by atoms with Gasteiger partial charge in [0.15, 0.2) is 5.78 Å². The number of thiazole rings is 1. The minimum atomic E-state index is -0.481. The molecule has 0 radical (unpaired) electrons. The Kier molecular flexibility index (Phi) is 9.81. The lowest BCUT2D eigenvalue weighted by Gasteiger charge is -2.43. The average molecular weight is 464 g/mol. The van der Waals surface area contributed by atoms with Gasteiger partial charge in [-0.2, -0.15) is 0 Å². The highest BCUT2D eigenvalue weighted by molar-refractivity contribution is 7.11. The summed E-state index contributed by atoms with van der Waals surface area (Å²) in [6, 6.07) is -0.481. The van der Waals surface area contributed by atoms with Gasteiger partial charge in [-0.3, -0.25) is 19.5 Å². The van der Waals surface area contributed by atoms with Crippen molar-refractivity contribution in [2.24, 2.45) is 0 Å². The van der Waals surface area contributed by atoms with Crippen molar-refractivity contribution in [3.63, 3.8) is 0 Å². The van der Waals surface area contributed by atoms with Crippen molar-refractivity contribution < 1.29 is 19.1 Å². The molecule has 32 heavy (non-hydrogen) atoms. The maximum atomic E-state index is 13.3. The second kappa shape index (κ2) is 12.6. The van der Waals surface area contributed by atoms with Crippen LogP contribution >= 0.6 is 11.3 Å². The number of Topliss-reactive ketones (excluding diaryl/α,β-unsaturated/α-hetero) is 2. The first-order chi connectivity index (χ1) is 15.5. The van der Waals surface area contributed by atoms with Crippen molar-refractivity contribution in [3.05, 3.63) is 16.6 Å². The quantitative estimate of drug-likeness (QED) is 0.448. The fourth-order valence-electron chi connectivity index (χ4n) is 5.10. The normalized spacial score (nSPS) is 19.5. The summed E-state index contributed by atoms with van der Waals surface area (Å²) in [7, 11) is 0. The molecule has 2 heterocycles. The molecule has 1 atom stereocenters. The zero-order valence-corrected chi connectivity index (χ0v) is 20.1. The molecule has 2 aliphatic rings. The molecule has 0 aromatic carbocycles. The van der Waals surface area contributed by atoms with Crippen molar-refractivity contribution in [3.8, 4) is 0 Å². The summed E-state index contributed by atoms with van der Waals surface area (Å²) < 4.78 is 5.54. The standard InChI is InChI=1S/C24H37N3O4S/c1-19(28)7-3-2-4-8-20(26-23(30)22-17-25-18-32-22)21(29)9-12-24(10-5-6-11-24)27-13-15-31-16-14-27/h17-18,20H,2-16H2,1H3,(H,26,30)/t20-/m0/s1. The van der Waals surface area contributed by atoms with E-state index in [4.69, 9.17) is 4.74 Å². The SMILES string of the molecule is CC(=O)CCCCC[C@H](NC(=O)c1cncs1)C(=O)CCC1(N2CCOCC2)CCCC1. The topological polar surface area (TPSA) is 88.6 Å². The second-order valence-electron chi connectivity index (χ2n) is 9.19. The molecule has 8 heteroatoms. The number of morpholine rings is 1. The third-order valence-corrected chi connectivity index (χ3v) is 7.70. The first kappa shape index (κ1) is 25.0. The van der Waals surface area contributed by atoms with Crippen molar-refractivity contribution in [2.75, 3.05) is 26.3 Å². The fourth-order valence-corrected chi connectivity index (χ4v) is 5.62. The lowest BCUT2D eigenvalue weighted by molar-refractivity contribution is -0.122. The van der Waals surface area contributed by atoms with E-state index >= 15 is 0 Å². The number of nitrogens with zero attached hydrogens (tertiary/aromatic N) is 2. The molecule has 178 valence electrons. The van der Waals surface area contributed by atoms with E-state index in [0.717, 1.165) is 64.8 Å². The molecule has 3 rings (SSSR count). The first-order valence-electron chi connectivity index (χ1n) is 12.0. The summed E-state index contributed by atoms with van der Waals surface area (Å²) in [6.45, 7) is 5.02. The number of ketones is 2. The predicted molar refractivity (Wildman–Crippen MR) is 125 cm³/mol. The van der Waals surface area contributed by atoms with E-state index < -0.39 is 6.04 Å². The van der Waals surface area contributed by atoms with Gasteiger partial charge in [-0.1, -0.05) is 25.7 Å². The molecule has 0 bridgehead atoms. The lowest BCUT2D eigenvalue weighted by atomic mass is 9.86. The van der Waals surface area contributed by atoms with Gasteiger partial charge in [0.05, 0.1) is 31.0 Å². The Balaban J connectivity index is 1.58. The van der Waals surface area contributed by atoms with Crippen LogP contribution in [-0.2, 0) is 14.3 Å². The third kappa shape index (κ3) is 7.18. The molecule has 1 N–H and O–H groups in total. The van der Waals surface area contributed by atoms with Gasteiger partial charge in [-0.25, -0.2) is 0 Å². The molecule has 0 spiro atoms. The van der Waals surface area contributed by atoms with Crippen molar-refractivity contribution in [1.29, 1.82) is 0 Å². The highest BCUT2D eigenvalue weighted by Gasteiger charge is 2.40. The van der Waals surface area contributed by atoms with Crippen LogP contribution in [0, 0.1) is 0 Å². The highest BCUT2D eigenvalue weighted by atomic mass is 32.1. The summed E-state index contributed by atoms with van der Waals surface area (Å²) in [6.07, 6.45) is 11.3. The van der Waals surface area contributed by atoms with E-state index in [9.17, 15) is 14.4 Å². The van der Waals surface area contributed by atoms with Gasteiger partial charge in [-0.15, -0.1) is 11.3 Å². The van der Waals surface area contributed by atoms with Crippen LogP contribution in [0.4, 0.5) is 0 Å². The maximum absolute atomic E-state index is 13.3. The van der Waals surface area contributed by atoms with E-state index in [1.54, 1.807) is 18.6 Å². The number of hydrogen-bond donors (Lipinski definition) is 1. The summed E-state index contributed by atoms with van der Waals surface area (Å²) in [4.78, 5) is 44.1. The van der Waals surface area contributed by atoms with Crippen molar-refractivity contribution >= 4 is 28.8 Å². The molecule has 2 fully saturated rings. The van der Waals surface area contributed by atoms with Gasteiger partial charge in [-0.05, 0) is 39.0 Å². The van der Waals surface area contributed by atoms with Crippen molar-refractivity contribution in [1.82, 2.24) is 15.2 Å². The number of aromatic nitrogens is 1. The van der Waals surface area contributed by atoms with E-state index in [-0.39, 0.29) is 23.0 Å². The van der Waals surface area contributed by atoms with Gasteiger partial charge in [0.2, 0.25) is 0 Å². The van der Waals surface area contributed by atoms with Gasteiger partial charge in [0, 0.05) is 31.5 Å². The Morgan fingerprint density at radius 2 is 1.91 bits per heavy atom. The molecule has 1 saturated carbocycles. The monoisotopic (exact) mass is 463 g/mol. The Morgan fingerprint density at radius 1 is 1.16 bits per heavy atom. The Morgan fingerprint density at radius 3 is 2.56 bits per heavy atom. The third-order valence-electron chi connectivity index (χ3n) is 6.92. The van der Waals surface area contributed by atoms with Crippen molar-refractivity contribution in [2.45, 2.75) is 89.1 Å². The largest absolute Gasteiger partial charge is 0.379 e. The molecule has 1 aromatic heterocycles. The molecule has 0 unspecified atom stereocenters. The van der Waals surface area contributed by atoms with Gasteiger partial charge in [0.25, 0.3) is 5.91 Å². The molecular weight excluding hydrogens is 426 g/mol. The minimum Gasteiger partial charge on any atom is -0.379 e. The van der Waals surface area contributed by atoms with Gasteiger partial charge in [0.1, 0.15) is 10.7 Å². The van der Waals surface area contributed by atoms with Crippen LogP contribution in [0.3, 0.4) is 0 Å². The predicted octanol–water partition coefficient (Wildman–Crippen LogP) is 3.78. The number of ether oxygens (including phenoxy) is 1. The number of unbranched alkanes of at least 4 members (excludes halogenated alkanes) is 2. The van der Waals surface area contributed by atoms with Crippen LogP contribution in [0.1, 0.15) is 87.2 Å². The lowest BCUT2D eigenvalue weighted by Crippen LogP contribution is -2.52. The van der Waals surface area contributed by atoms with Gasteiger partial charge >= 0.3 is 0 Å². The smallest absolute Gasteiger partial charge is 0.263 e. The molecule has 1 aromatic rings. The zero-order chi connectivity index (χ0) is 22.8. The van der Waals surface area contributed by atoms with E-state index in [1.165, 1.54) is 24.2 Å². The van der Waals surface area contributed by atoms with E-state index in [0.29, 0.717) is 24.1 Å². The maximum Gasteiger partial charge on any atom is 0.263 e. The van der Waals surface area contributed by atoms with Crippen LogP contribution in [0.15, 0.2) is 11.7 Å². The van der Waals surface area contributed by atoms with E-state index in [1.807, 2.05) is 0 Å². The first-order valence-corrected chi connectivity index (χ1v) is 12.9. The molecule has 7 nitrogen and oxygen atoms in total. The summed E-state index contributed by atoms with van der Waals surface area (Å²) in [5.74, 6) is 0.0911. The fraction of sp³-hybridized carbons (Fsp3) is 0.750. The van der Waals surface area contributed by atoms with Crippen LogP contribution in [0.5, 0.6) is 0 Å². The number of nitrogens with one attached hydrogen (secondary N) is 1. The van der Waals surface area contributed by atoms with Crippen LogP contribution in [-0.4, -0.2) is 65.2 Å². The molecular formula is C24H37N3O4S. The summed E-state index contributed by atoms with van der Waals surface area (Å²) >= 11 is 1.28. The molecule has 1 saturated heterocycles. The molecule has 1 aliphatic carbocycles. The average Bonchev–Trinajstić information content (AvgIpc) is 3.50. The van der Waals surface area contributed by atoms with E-state index in [2.05, 4.69) is 15.2 Å². The summed E-state index contributed by atoms with van der Waals surface area (Å²) in [5.41, 5.74) is 1.73. The minimum absolute atomic E-state index is 0.104. The highest BCUT2D eigenvalue weighted by Crippen LogP contribution is 2.39. The number of rotatable bonds is 13. The van der Waals surface area contributed by atoms with Crippen LogP contribution in [0.25, 0.3) is 0 Å². The Hall–Kier alpha value is -1.64. The second-order valence-corrected chi connectivity index (χ2v) is 10.1. The number of hydrogen-bond acceptors (Lipinski definition) is 7. The number of carbonyl (C=O) groups excluding carboxylic acids is 3.